The molecule has 2 aromatic carbocycles. The average molecular weight is 371 g/mol. The number of carbonyl (C=O) groups excluding carboxylic acids is 1. The van der Waals surface area contributed by atoms with Crippen molar-refractivity contribution in [1.29, 1.82) is 0 Å². The van der Waals surface area contributed by atoms with Gasteiger partial charge in [0.1, 0.15) is 17.4 Å². The van der Waals surface area contributed by atoms with Crippen LogP contribution in [0.15, 0.2) is 48.8 Å². The van der Waals surface area contributed by atoms with E-state index in [1.165, 1.54) is 25.3 Å². The fraction of sp³-hybridized carbons (Fsp3) is 0.200. The maximum absolute atomic E-state index is 14.0. The van der Waals surface area contributed by atoms with E-state index in [4.69, 9.17) is 4.74 Å². The summed E-state index contributed by atoms with van der Waals surface area (Å²) in [6, 6.07) is 7.82. The molecular formula is C20H19F2N3O2. The van der Waals surface area contributed by atoms with Gasteiger partial charge >= 0.3 is 0 Å². The number of methoxy groups -OCH3 is 1. The molecule has 3 rings (SSSR count). The number of carbonyl (C=O) groups is 1. The summed E-state index contributed by atoms with van der Waals surface area (Å²) >= 11 is 0. The molecule has 1 heterocycles. The largest absolute Gasteiger partial charge is 0.496 e. The van der Waals surface area contributed by atoms with Crippen LogP contribution < -0.4 is 10.1 Å². The number of nitrogens with one attached hydrogen (secondary N) is 2. The van der Waals surface area contributed by atoms with Crippen molar-refractivity contribution in [2.24, 2.45) is 0 Å². The summed E-state index contributed by atoms with van der Waals surface area (Å²) in [6.45, 7) is 1.75. The van der Waals surface area contributed by atoms with E-state index in [2.05, 4.69) is 15.5 Å². The number of amides is 1. The molecule has 140 valence electrons. The van der Waals surface area contributed by atoms with Gasteiger partial charge in [0.2, 0.25) is 0 Å². The van der Waals surface area contributed by atoms with Crippen molar-refractivity contribution in [1.82, 2.24) is 15.5 Å². The van der Waals surface area contributed by atoms with E-state index in [0.717, 1.165) is 11.1 Å². The highest BCUT2D eigenvalue weighted by molar-refractivity contribution is 5.95. The molecule has 1 aromatic heterocycles. The standard InChI is InChI=1S/C20H19F2N3O2/c1-3-17(19-15(21)5-4-6-16(19)22)25-20(26)12-7-8-14(18(9-12)27-2)13-10-23-24-11-13/h4-11,17H,3H2,1-2H3,(H,23,24)(H,25,26). The van der Waals surface area contributed by atoms with Crippen LogP contribution in [0, 0.1) is 11.6 Å². The van der Waals surface area contributed by atoms with Gasteiger partial charge < -0.3 is 10.1 Å². The third-order valence-corrected chi connectivity index (χ3v) is 4.33. The van der Waals surface area contributed by atoms with Crippen LogP contribution >= 0.6 is 0 Å². The molecule has 0 spiro atoms. The molecule has 0 aliphatic heterocycles. The number of ether oxygens (including phenoxy) is 1. The van der Waals surface area contributed by atoms with Crippen LogP contribution in [0.2, 0.25) is 0 Å². The first-order valence-electron chi connectivity index (χ1n) is 8.47. The zero-order chi connectivity index (χ0) is 19.4. The number of benzene rings is 2. The molecule has 3 aromatic rings. The molecule has 0 saturated carbocycles. The third kappa shape index (κ3) is 3.81. The van der Waals surface area contributed by atoms with Crippen LogP contribution in [0.1, 0.15) is 35.3 Å². The second-order valence-electron chi connectivity index (χ2n) is 5.97. The molecule has 0 bridgehead atoms. The Morgan fingerprint density at radius 2 is 2.00 bits per heavy atom. The van der Waals surface area contributed by atoms with Crippen molar-refractivity contribution < 1.29 is 18.3 Å². The topological polar surface area (TPSA) is 67.0 Å². The Balaban J connectivity index is 1.87. The van der Waals surface area contributed by atoms with Crippen molar-refractivity contribution in [3.63, 3.8) is 0 Å². The van der Waals surface area contributed by atoms with Gasteiger partial charge in [-0.15, -0.1) is 0 Å². The van der Waals surface area contributed by atoms with Crippen molar-refractivity contribution in [3.8, 4) is 16.9 Å². The molecule has 0 saturated heterocycles. The van der Waals surface area contributed by atoms with Gasteiger partial charge in [-0.1, -0.05) is 13.0 Å². The minimum absolute atomic E-state index is 0.143. The molecule has 5 nitrogen and oxygen atoms in total. The highest BCUT2D eigenvalue weighted by Crippen LogP contribution is 2.30. The number of aromatic amines is 1. The van der Waals surface area contributed by atoms with Gasteiger partial charge in [-0.3, -0.25) is 9.89 Å². The molecule has 2 N–H and O–H groups in total. The van der Waals surface area contributed by atoms with Crippen LogP contribution in [-0.4, -0.2) is 23.2 Å². The molecule has 0 radical (unpaired) electrons. The second-order valence-corrected chi connectivity index (χ2v) is 5.97. The smallest absolute Gasteiger partial charge is 0.251 e. The number of rotatable bonds is 6. The van der Waals surface area contributed by atoms with Gasteiger partial charge in [0.15, 0.2) is 0 Å². The fourth-order valence-corrected chi connectivity index (χ4v) is 2.93. The second kappa shape index (κ2) is 7.99. The number of aromatic nitrogens is 2. The molecule has 7 heteroatoms. The quantitative estimate of drug-likeness (QED) is 0.681. The Kier molecular flexibility index (Phi) is 5.49. The Morgan fingerprint density at radius 1 is 1.26 bits per heavy atom. The van der Waals surface area contributed by atoms with Crippen molar-refractivity contribution in [2.75, 3.05) is 7.11 Å². The van der Waals surface area contributed by atoms with E-state index in [9.17, 15) is 13.6 Å². The SMILES string of the molecule is CCC(NC(=O)c1ccc(-c2cn[nH]c2)c(OC)c1)c1c(F)cccc1F. The molecule has 0 fully saturated rings. The summed E-state index contributed by atoms with van der Waals surface area (Å²) < 4.78 is 33.5. The Bertz CT molecular complexity index is 922. The first-order valence-corrected chi connectivity index (χ1v) is 8.47. The van der Waals surface area contributed by atoms with E-state index in [1.807, 2.05) is 0 Å². The lowest BCUT2D eigenvalue weighted by atomic mass is 10.0. The first kappa shape index (κ1) is 18.6. The zero-order valence-corrected chi connectivity index (χ0v) is 14.9. The van der Waals surface area contributed by atoms with E-state index in [1.54, 1.807) is 37.5 Å². The van der Waals surface area contributed by atoms with Gasteiger partial charge in [0.25, 0.3) is 5.91 Å². The maximum atomic E-state index is 14.0. The number of hydrogen-bond donors (Lipinski definition) is 2. The van der Waals surface area contributed by atoms with Gasteiger partial charge in [-0.25, -0.2) is 8.78 Å². The third-order valence-electron chi connectivity index (χ3n) is 4.33. The maximum Gasteiger partial charge on any atom is 0.251 e. The molecule has 27 heavy (non-hydrogen) atoms. The predicted octanol–water partition coefficient (Wildman–Crippen LogP) is 4.24. The van der Waals surface area contributed by atoms with Crippen LogP contribution in [0.5, 0.6) is 5.75 Å². The summed E-state index contributed by atoms with van der Waals surface area (Å²) in [5.74, 6) is -1.32. The molecule has 1 amide bonds. The Morgan fingerprint density at radius 3 is 2.59 bits per heavy atom. The van der Waals surface area contributed by atoms with Crippen LogP contribution in [-0.2, 0) is 0 Å². The minimum Gasteiger partial charge on any atom is -0.496 e. The van der Waals surface area contributed by atoms with E-state index >= 15 is 0 Å². The summed E-state index contributed by atoms with van der Waals surface area (Å²) in [4.78, 5) is 12.6. The van der Waals surface area contributed by atoms with Crippen LogP contribution in [0.4, 0.5) is 8.78 Å². The minimum atomic E-state index is -0.779. The summed E-state index contributed by atoms with van der Waals surface area (Å²) in [5, 5.41) is 9.32. The van der Waals surface area contributed by atoms with Gasteiger partial charge in [-0.2, -0.15) is 5.10 Å². The van der Waals surface area contributed by atoms with Crippen LogP contribution in [0.25, 0.3) is 11.1 Å². The molecule has 1 atom stereocenters. The van der Waals surface area contributed by atoms with Crippen molar-refractivity contribution in [3.05, 3.63) is 71.6 Å². The lowest BCUT2D eigenvalue weighted by Gasteiger charge is -2.19. The summed E-state index contributed by atoms with van der Waals surface area (Å²) in [6.07, 6.45) is 3.70. The summed E-state index contributed by atoms with van der Waals surface area (Å²) in [5.41, 5.74) is 1.78. The molecule has 1 unspecified atom stereocenters. The normalized spacial score (nSPS) is 11.9. The first-order chi connectivity index (χ1) is 13.0. The van der Waals surface area contributed by atoms with Crippen LogP contribution in [0.3, 0.4) is 0 Å². The molecule has 0 aliphatic rings. The number of H-pyrrole nitrogens is 1. The highest BCUT2D eigenvalue weighted by Gasteiger charge is 2.21. The number of hydrogen-bond acceptors (Lipinski definition) is 3. The predicted molar refractivity (Wildman–Crippen MR) is 97.4 cm³/mol. The Hall–Kier alpha value is -3.22. The van der Waals surface area contributed by atoms with E-state index in [-0.39, 0.29) is 5.56 Å². The molecular weight excluding hydrogens is 352 g/mol. The lowest BCUT2D eigenvalue weighted by Crippen LogP contribution is -2.29. The lowest BCUT2D eigenvalue weighted by molar-refractivity contribution is 0.0934. The van der Waals surface area contributed by atoms with E-state index in [0.29, 0.717) is 17.7 Å². The van der Waals surface area contributed by atoms with Gasteiger partial charge in [-0.05, 0) is 36.8 Å². The Labute approximate surface area is 155 Å². The highest BCUT2D eigenvalue weighted by atomic mass is 19.1. The van der Waals surface area contributed by atoms with Gasteiger partial charge in [0.05, 0.1) is 19.3 Å². The van der Waals surface area contributed by atoms with Gasteiger partial charge in [0, 0.05) is 28.5 Å². The zero-order valence-electron chi connectivity index (χ0n) is 14.9. The van der Waals surface area contributed by atoms with Crippen molar-refractivity contribution in [2.45, 2.75) is 19.4 Å². The number of nitrogens with zero attached hydrogens (tertiary/aromatic N) is 1. The number of halogens is 2. The summed E-state index contributed by atoms with van der Waals surface area (Å²) in [7, 11) is 1.50. The van der Waals surface area contributed by atoms with Crippen molar-refractivity contribution >= 4 is 5.91 Å². The monoisotopic (exact) mass is 371 g/mol. The fourth-order valence-electron chi connectivity index (χ4n) is 2.93. The molecule has 0 aliphatic carbocycles. The van der Waals surface area contributed by atoms with E-state index < -0.39 is 23.6 Å². The average Bonchev–Trinajstić information content (AvgIpc) is 3.20.